The zero-order valence-electron chi connectivity index (χ0n) is 6.93. The van der Waals surface area contributed by atoms with E-state index in [1.165, 1.54) is 6.20 Å². The van der Waals surface area contributed by atoms with Crippen LogP contribution in [0.1, 0.15) is 9.67 Å². The second-order valence-electron chi connectivity index (χ2n) is 2.44. The molecule has 0 aromatic carbocycles. The van der Waals surface area contributed by atoms with Gasteiger partial charge in [-0.05, 0) is 17.5 Å². The second-order valence-corrected chi connectivity index (χ2v) is 4.42. The number of thiophene rings is 1. The number of nitrogens with zero attached hydrogens (tertiary/aromatic N) is 1. The van der Waals surface area contributed by atoms with Crippen molar-refractivity contribution in [2.24, 2.45) is 0 Å². The van der Waals surface area contributed by atoms with Crippen molar-refractivity contribution in [3.05, 3.63) is 28.6 Å². The van der Waals surface area contributed by atoms with Gasteiger partial charge in [0, 0.05) is 0 Å². The van der Waals surface area contributed by atoms with Crippen molar-refractivity contribution in [3.8, 4) is 0 Å². The molecular formula is C8H6N2O2S2. The molecule has 0 aliphatic rings. The van der Waals surface area contributed by atoms with Crippen LogP contribution in [0.25, 0.3) is 0 Å². The zero-order chi connectivity index (χ0) is 9.97. The fraction of sp³-hybridized carbons (Fsp3) is 0. The molecule has 2 heterocycles. The summed E-state index contributed by atoms with van der Waals surface area (Å²) in [6, 6.07) is 3.82. The van der Waals surface area contributed by atoms with Crippen LogP contribution >= 0.6 is 22.7 Å². The van der Waals surface area contributed by atoms with Crippen molar-refractivity contribution in [3.63, 3.8) is 0 Å². The molecule has 2 aromatic rings. The summed E-state index contributed by atoms with van der Waals surface area (Å²) in [6.45, 7) is 0. The van der Waals surface area contributed by atoms with Gasteiger partial charge in [0.25, 0.3) is 0 Å². The van der Waals surface area contributed by atoms with Crippen LogP contribution in [0.2, 0.25) is 0 Å². The van der Waals surface area contributed by atoms with E-state index < -0.39 is 5.97 Å². The maximum Gasteiger partial charge on any atom is 0.347 e. The van der Waals surface area contributed by atoms with E-state index in [2.05, 4.69) is 10.3 Å². The van der Waals surface area contributed by atoms with E-state index in [4.69, 9.17) is 5.11 Å². The van der Waals surface area contributed by atoms with Gasteiger partial charge in [-0.2, -0.15) is 0 Å². The van der Waals surface area contributed by atoms with Crippen molar-refractivity contribution in [1.82, 2.24) is 4.98 Å². The minimum atomic E-state index is -0.943. The van der Waals surface area contributed by atoms with E-state index in [9.17, 15) is 4.79 Å². The lowest BCUT2D eigenvalue weighted by Crippen LogP contribution is -1.89. The molecule has 0 saturated heterocycles. The van der Waals surface area contributed by atoms with E-state index in [-0.39, 0.29) is 4.88 Å². The smallest absolute Gasteiger partial charge is 0.347 e. The average molecular weight is 226 g/mol. The van der Waals surface area contributed by atoms with Crippen molar-refractivity contribution in [1.29, 1.82) is 0 Å². The van der Waals surface area contributed by atoms with E-state index >= 15 is 0 Å². The lowest BCUT2D eigenvalue weighted by molar-refractivity contribution is 0.0702. The number of aromatic nitrogens is 1. The zero-order valence-corrected chi connectivity index (χ0v) is 8.56. The van der Waals surface area contributed by atoms with Crippen LogP contribution in [0.5, 0.6) is 0 Å². The van der Waals surface area contributed by atoms with Gasteiger partial charge in [0.15, 0.2) is 5.13 Å². The molecule has 2 aromatic heterocycles. The van der Waals surface area contributed by atoms with Gasteiger partial charge in [-0.3, -0.25) is 0 Å². The Morgan fingerprint density at radius 2 is 2.43 bits per heavy atom. The van der Waals surface area contributed by atoms with Crippen molar-refractivity contribution < 1.29 is 9.90 Å². The van der Waals surface area contributed by atoms with Gasteiger partial charge < -0.3 is 10.4 Å². The monoisotopic (exact) mass is 226 g/mol. The third-order valence-electron chi connectivity index (χ3n) is 1.47. The molecule has 0 spiro atoms. The van der Waals surface area contributed by atoms with Gasteiger partial charge in [0.05, 0.1) is 11.2 Å². The van der Waals surface area contributed by atoms with E-state index in [0.29, 0.717) is 5.13 Å². The molecule has 0 atom stereocenters. The van der Waals surface area contributed by atoms with Crippen LogP contribution < -0.4 is 5.32 Å². The highest BCUT2D eigenvalue weighted by Gasteiger charge is 2.08. The molecule has 0 amide bonds. The number of carboxylic acid groups (broad SMARTS) is 1. The lowest BCUT2D eigenvalue weighted by Gasteiger charge is -1.94. The molecule has 4 nitrogen and oxygen atoms in total. The standard InChI is InChI=1S/C8H6N2O2S2/c11-7(12)5-4-9-8(14-5)10-6-2-1-3-13-6/h1-4H,(H,9,10)(H,11,12). The molecule has 0 fully saturated rings. The van der Waals surface area contributed by atoms with E-state index in [0.717, 1.165) is 16.3 Å². The molecule has 2 N–H and O–H groups in total. The molecule has 14 heavy (non-hydrogen) atoms. The summed E-state index contributed by atoms with van der Waals surface area (Å²) in [7, 11) is 0. The maximum absolute atomic E-state index is 10.6. The van der Waals surface area contributed by atoms with E-state index in [1.54, 1.807) is 11.3 Å². The molecule has 0 saturated carbocycles. The molecule has 72 valence electrons. The molecule has 0 bridgehead atoms. The predicted molar refractivity (Wildman–Crippen MR) is 56.7 cm³/mol. The van der Waals surface area contributed by atoms with Crippen LogP contribution in [0, 0.1) is 0 Å². The van der Waals surface area contributed by atoms with Crippen LogP contribution in [-0.2, 0) is 0 Å². The summed E-state index contributed by atoms with van der Waals surface area (Å²) < 4.78 is 0. The first-order chi connectivity index (χ1) is 6.75. The highest BCUT2D eigenvalue weighted by Crippen LogP contribution is 2.25. The summed E-state index contributed by atoms with van der Waals surface area (Å²) >= 11 is 2.67. The van der Waals surface area contributed by atoms with Crippen molar-refractivity contribution in [2.45, 2.75) is 0 Å². The number of thiazole rings is 1. The van der Waals surface area contributed by atoms with Crippen molar-refractivity contribution >= 4 is 38.8 Å². The van der Waals surface area contributed by atoms with Gasteiger partial charge >= 0.3 is 5.97 Å². The number of nitrogens with one attached hydrogen (secondary N) is 1. The first-order valence-corrected chi connectivity index (χ1v) is 5.45. The highest BCUT2D eigenvalue weighted by molar-refractivity contribution is 7.18. The fourth-order valence-electron chi connectivity index (χ4n) is 0.886. The Hall–Kier alpha value is -1.40. The summed E-state index contributed by atoms with van der Waals surface area (Å²) in [6.07, 6.45) is 1.35. The van der Waals surface area contributed by atoms with Gasteiger partial charge in [-0.25, -0.2) is 9.78 Å². The molecule has 2 rings (SSSR count). The molecule has 0 unspecified atom stereocenters. The third-order valence-corrected chi connectivity index (χ3v) is 3.15. The average Bonchev–Trinajstić information content (AvgIpc) is 2.75. The highest BCUT2D eigenvalue weighted by atomic mass is 32.1. The largest absolute Gasteiger partial charge is 0.477 e. The molecule has 0 aliphatic heterocycles. The molecule has 0 aliphatic carbocycles. The normalized spacial score (nSPS) is 10.0. The number of hydrogen-bond donors (Lipinski definition) is 2. The van der Waals surface area contributed by atoms with Gasteiger partial charge in [-0.15, -0.1) is 11.3 Å². The Labute approximate surface area is 87.9 Å². The first-order valence-electron chi connectivity index (χ1n) is 3.75. The lowest BCUT2D eigenvalue weighted by atomic mass is 10.6. The van der Waals surface area contributed by atoms with Crippen molar-refractivity contribution in [2.75, 3.05) is 5.32 Å². The maximum atomic E-state index is 10.6. The third kappa shape index (κ3) is 1.91. The molecule has 6 heteroatoms. The Balaban J connectivity index is 2.14. The van der Waals surface area contributed by atoms with Gasteiger partial charge in [-0.1, -0.05) is 11.3 Å². The summed E-state index contributed by atoms with van der Waals surface area (Å²) in [5.74, 6) is -0.943. The first kappa shape index (κ1) is 9.17. The SMILES string of the molecule is O=C(O)c1cnc(Nc2cccs2)s1. The minimum Gasteiger partial charge on any atom is -0.477 e. The Kier molecular flexibility index (Phi) is 2.47. The Bertz CT molecular complexity index is 436. The Morgan fingerprint density at radius 1 is 1.57 bits per heavy atom. The Morgan fingerprint density at radius 3 is 3.00 bits per heavy atom. The van der Waals surface area contributed by atoms with Gasteiger partial charge in [0.1, 0.15) is 4.88 Å². The summed E-state index contributed by atoms with van der Waals surface area (Å²) in [4.78, 5) is 14.7. The second kappa shape index (κ2) is 3.77. The summed E-state index contributed by atoms with van der Waals surface area (Å²) in [5.41, 5.74) is 0. The number of carboxylic acids is 1. The fourth-order valence-corrected chi connectivity index (χ4v) is 2.23. The number of carbonyl (C=O) groups is 1. The predicted octanol–water partition coefficient (Wildman–Crippen LogP) is 2.65. The topological polar surface area (TPSA) is 62.2 Å². The van der Waals surface area contributed by atoms with Crippen LogP contribution in [0.3, 0.4) is 0 Å². The van der Waals surface area contributed by atoms with E-state index in [1.807, 2.05) is 17.5 Å². The number of hydrogen-bond acceptors (Lipinski definition) is 5. The molecule has 0 radical (unpaired) electrons. The number of anilines is 2. The van der Waals surface area contributed by atoms with Crippen LogP contribution in [0.4, 0.5) is 10.1 Å². The number of aromatic carboxylic acids is 1. The van der Waals surface area contributed by atoms with Crippen LogP contribution in [-0.4, -0.2) is 16.1 Å². The summed E-state index contributed by atoms with van der Waals surface area (Å²) in [5, 5.41) is 15.2. The van der Waals surface area contributed by atoms with Crippen LogP contribution in [0.15, 0.2) is 23.7 Å². The number of rotatable bonds is 3. The molecular weight excluding hydrogens is 220 g/mol. The minimum absolute atomic E-state index is 0.240. The van der Waals surface area contributed by atoms with Gasteiger partial charge in [0.2, 0.25) is 0 Å². The quantitative estimate of drug-likeness (QED) is 0.844.